The van der Waals surface area contributed by atoms with Crippen molar-refractivity contribution in [1.82, 2.24) is 0 Å². The highest BCUT2D eigenvalue weighted by Gasteiger charge is 2.20. The van der Waals surface area contributed by atoms with Crippen LogP contribution in [0.15, 0.2) is 18.2 Å². The summed E-state index contributed by atoms with van der Waals surface area (Å²) in [6, 6.07) is 5.38. The van der Waals surface area contributed by atoms with Crippen LogP contribution in [-0.4, -0.2) is 19.1 Å². The van der Waals surface area contributed by atoms with E-state index in [4.69, 9.17) is 10.5 Å². The van der Waals surface area contributed by atoms with Crippen LogP contribution in [0.3, 0.4) is 0 Å². The number of nitrogens with two attached hydrogens (primary N) is 1. The molecule has 0 heterocycles. The lowest BCUT2D eigenvalue weighted by Crippen LogP contribution is -2.25. The molecule has 0 saturated carbocycles. The van der Waals surface area contributed by atoms with Crippen LogP contribution >= 0.6 is 0 Å². The van der Waals surface area contributed by atoms with Gasteiger partial charge in [-0.05, 0) is 30.4 Å². The number of esters is 1. The number of carbonyl (C=O) groups is 1. The molecule has 0 aliphatic heterocycles. The van der Waals surface area contributed by atoms with E-state index in [1.54, 1.807) is 13.0 Å². The van der Waals surface area contributed by atoms with Gasteiger partial charge in [0.25, 0.3) is 0 Å². The van der Waals surface area contributed by atoms with Gasteiger partial charge in [0.05, 0.1) is 23.5 Å². The molecule has 4 heteroatoms. The SMILES string of the molecule is CCOC(=O)c1cccc(NCC(C)C(C)(C)C)c1N. The van der Waals surface area contributed by atoms with Crippen LogP contribution in [0, 0.1) is 11.3 Å². The molecule has 0 aliphatic rings. The quantitative estimate of drug-likeness (QED) is 0.638. The highest BCUT2D eigenvalue weighted by molar-refractivity contribution is 5.98. The maximum Gasteiger partial charge on any atom is 0.340 e. The predicted octanol–water partition coefficient (Wildman–Crippen LogP) is 3.54. The Morgan fingerprint density at radius 3 is 2.60 bits per heavy atom. The third-order valence-corrected chi connectivity index (χ3v) is 3.68. The van der Waals surface area contributed by atoms with Crippen molar-refractivity contribution in [2.45, 2.75) is 34.6 Å². The lowest BCUT2D eigenvalue weighted by molar-refractivity contribution is 0.0527. The second-order valence-electron chi connectivity index (χ2n) is 6.14. The molecule has 0 bridgehead atoms. The fourth-order valence-corrected chi connectivity index (χ4v) is 1.68. The number of ether oxygens (including phenoxy) is 1. The molecule has 0 spiro atoms. The average molecular weight is 278 g/mol. The first-order valence-corrected chi connectivity index (χ1v) is 7.06. The van der Waals surface area contributed by atoms with Gasteiger partial charge in [-0.1, -0.05) is 33.8 Å². The molecule has 20 heavy (non-hydrogen) atoms. The van der Waals surface area contributed by atoms with Crippen LogP contribution in [0.25, 0.3) is 0 Å². The Hall–Kier alpha value is -1.71. The standard InChI is InChI=1S/C16H26N2O2/c1-6-20-15(19)12-8-7-9-13(14(12)17)18-10-11(2)16(3,4)5/h7-9,11,18H,6,10,17H2,1-5H3. The molecule has 0 aliphatic carbocycles. The van der Waals surface area contributed by atoms with Gasteiger partial charge in [-0.3, -0.25) is 0 Å². The molecule has 4 nitrogen and oxygen atoms in total. The number of hydrogen-bond acceptors (Lipinski definition) is 4. The highest BCUT2D eigenvalue weighted by Crippen LogP contribution is 2.28. The molecule has 0 fully saturated rings. The number of hydrogen-bond donors (Lipinski definition) is 2. The van der Waals surface area contributed by atoms with E-state index in [-0.39, 0.29) is 11.4 Å². The molecular formula is C16H26N2O2. The summed E-state index contributed by atoms with van der Waals surface area (Å²) in [7, 11) is 0. The molecular weight excluding hydrogens is 252 g/mol. The molecule has 1 aromatic carbocycles. The second-order valence-corrected chi connectivity index (χ2v) is 6.14. The van der Waals surface area contributed by atoms with Gasteiger partial charge in [0.15, 0.2) is 0 Å². The monoisotopic (exact) mass is 278 g/mol. The minimum atomic E-state index is -0.377. The Labute approximate surface area is 121 Å². The van der Waals surface area contributed by atoms with E-state index in [0.29, 0.717) is 23.8 Å². The summed E-state index contributed by atoms with van der Waals surface area (Å²) >= 11 is 0. The number of carbonyl (C=O) groups excluding carboxylic acids is 1. The Morgan fingerprint density at radius 1 is 1.40 bits per heavy atom. The molecule has 1 aromatic rings. The number of nitrogens with one attached hydrogen (secondary N) is 1. The van der Waals surface area contributed by atoms with Crippen LogP contribution in [0.1, 0.15) is 45.0 Å². The lowest BCUT2D eigenvalue weighted by Gasteiger charge is -2.28. The molecule has 1 atom stereocenters. The van der Waals surface area contributed by atoms with E-state index in [0.717, 1.165) is 12.2 Å². The zero-order valence-corrected chi connectivity index (χ0v) is 13.1. The summed E-state index contributed by atoms with van der Waals surface area (Å²) in [4.78, 5) is 11.8. The van der Waals surface area contributed by atoms with Gasteiger partial charge in [0.2, 0.25) is 0 Å². The molecule has 1 unspecified atom stereocenters. The van der Waals surface area contributed by atoms with Crippen LogP contribution in [0.4, 0.5) is 11.4 Å². The van der Waals surface area contributed by atoms with E-state index < -0.39 is 0 Å². The van der Waals surface area contributed by atoms with Crippen LogP contribution in [0.2, 0.25) is 0 Å². The lowest BCUT2D eigenvalue weighted by atomic mass is 9.82. The van der Waals surface area contributed by atoms with Crippen molar-refractivity contribution in [3.05, 3.63) is 23.8 Å². The molecule has 0 aromatic heterocycles. The summed E-state index contributed by atoms with van der Waals surface area (Å²) in [5, 5.41) is 3.32. The number of benzene rings is 1. The van der Waals surface area contributed by atoms with Crippen molar-refractivity contribution in [3.63, 3.8) is 0 Å². The number of anilines is 2. The van der Waals surface area contributed by atoms with E-state index in [2.05, 4.69) is 33.0 Å². The normalized spacial score (nSPS) is 12.8. The van der Waals surface area contributed by atoms with E-state index in [1.807, 2.05) is 12.1 Å². The van der Waals surface area contributed by atoms with Gasteiger partial charge < -0.3 is 15.8 Å². The van der Waals surface area contributed by atoms with Crippen molar-refractivity contribution < 1.29 is 9.53 Å². The minimum Gasteiger partial charge on any atom is -0.462 e. The maximum atomic E-state index is 11.8. The van der Waals surface area contributed by atoms with E-state index in [9.17, 15) is 4.79 Å². The van der Waals surface area contributed by atoms with Crippen LogP contribution < -0.4 is 11.1 Å². The van der Waals surface area contributed by atoms with Crippen molar-refractivity contribution in [1.29, 1.82) is 0 Å². The van der Waals surface area contributed by atoms with Crippen molar-refractivity contribution in [2.75, 3.05) is 24.2 Å². The third kappa shape index (κ3) is 4.15. The van der Waals surface area contributed by atoms with Crippen LogP contribution in [0.5, 0.6) is 0 Å². The first-order valence-electron chi connectivity index (χ1n) is 7.06. The molecule has 0 amide bonds. The maximum absolute atomic E-state index is 11.8. The summed E-state index contributed by atoms with van der Waals surface area (Å²) in [6.45, 7) is 11.7. The summed E-state index contributed by atoms with van der Waals surface area (Å²) < 4.78 is 5.00. The Kier molecular flexibility index (Phi) is 5.43. The molecule has 1 rings (SSSR count). The van der Waals surface area contributed by atoms with Gasteiger partial charge in [0, 0.05) is 6.54 Å². The van der Waals surface area contributed by atoms with Crippen molar-refractivity contribution in [3.8, 4) is 0 Å². The summed E-state index contributed by atoms with van der Waals surface area (Å²) in [6.07, 6.45) is 0. The number of para-hydroxylation sites is 1. The smallest absolute Gasteiger partial charge is 0.340 e. The van der Waals surface area contributed by atoms with E-state index in [1.165, 1.54) is 0 Å². The van der Waals surface area contributed by atoms with Gasteiger partial charge in [-0.25, -0.2) is 4.79 Å². The Bertz CT molecular complexity index is 464. The first kappa shape index (κ1) is 16.3. The highest BCUT2D eigenvalue weighted by atomic mass is 16.5. The molecule has 0 radical (unpaired) electrons. The van der Waals surface area contributed by atoms with Crippen LogP contribution in [-0.2, 0) is 4.74 Å². The fraction of sp³-hybridized carbons (Fsp3) is 0.562. The average Bonchev–Trinajstić information content (AvgIpc) is 2.36. The Balaban J connectivity index is 2.82. The first-order chi connectivity index (χ1) is 9.27. The summed E-state index contributed by atoms with van der Waals surface area (Å²) in [5.41, 5.74) is 7.92. The molecule has 0 saturated heterocycles. The topological polar surface area (TPSA) is 64.3 Å². The zero-order chi connectivity index (χ0) is 15.3. The predicted molar refractivity (Wildman–Crippen MR) is 83.9 cm³/mol. The fourth-order valence-electron chi connectivity index (χ4n) is 1.68. The van der Waals surface area contributed by atoms with Crippen molar-refractivity contribution in [2.24, 2.45) is 11.3 Å². The second kappa shape index (κ2) is 6.64. The molecule has 3 N–H and O–H groups in total. The van der Waals surface area contributed by atoms with Gasteiger partial charge in [-0.15, -0.1) is 0 Å². The van der Waals surface area contributed by atoms with Gasteiger partial charge in [0.1, 0.15) is 0 Å². The Morgan fingerprint density at radius 2 is 2.05 bits per heavy atom. The van der Waals surface area contributed by atoms with Gasteiger partial charge in [-0.2, -0.15) is 0 Å². The van der Waals surface area contributed by atoms with E-state index >= 15 is 0 Å². The number of nitrogen functional groups attached to an aromatic ring is 1. The van der Waals surface area contributed by atoms with Crippen molar-refractivity contribution >= 4 is 17.3 Å². The largest absolute Gasteiger partial charge is 0.462 e. The van der Waals surface area contributed by atoms with Gasteiger partial charge >= 0.3 is 5.97 Å². The zero-order valence-electron chi connectivity index (χ0n) is 13.1. The third-order valence-electron chi connectivity index (χ3n) is 3.68. The minimum absolute atomic E-state index is 0.223. The molecule has 112 valence electrons. The number of rotatable bonds is 5. The summed E-state index contributed by atoms with van der Waals surface area (Å²) in [5.74, 6) is 0.102.